The van der Waals surface area contributed by atoms with E-state index in [0.29, 0.717) is 0 Å². The minimum absolute atomic E-state index is 0. The molecule has 2 saturated heterocycles. The Labute approximate surface area is 153 Å². The molecule has 3 rings (SSSR count). The van der Waals surface area contributed by atoms with E-state index in [1.807, 2.05) is 30.3 Å². The highest BCUT2D eigenvalue weighted by Crippen LogP contribution is 2.25. The number of amides is 1. The fourth-order valence-electron chi connectivity index (χ4n) is 3.17. The summed E-state index contributed by atoms with van der Waals surface area (Å²) in [7, 11) is 0. The largest absolute Gasteiger partial charge is 0.369 e. The number of halogens is 4. The summed E-state index contributed by atoms with van der Waals surface area (Å²) in [4.78, 5) is 14.3. The number of carbonyl (C=O) groups is 1. The van der Waals surface area contributed by atoms with Crippen molar-refractivity contribution in [3.63, 3.8) is 0 Å². The lowest BCUT2D eigenvalue weighted by molar-refractivity contribution is -0.124. The first-order valence-corrected chi connectivity index (χ1v) is 7.75. The number of piperidine rings is 1. The van der Waals surface area contributed by atoms with Crippen molar-refractivity contribution in [3.8, 4) is 0 Å². The number of hydrogen-bond donors (Lipinski definition) is 2. The van der Waals surface area contributed by atoms with Crippen LogP contribution in [0.5, 0.6) is 0 Å². The maximum Gasteiger partial charge on any atom is 0.262 e. The number of benzene rings is 1. The molecule has 2 heterocycles. The van der Waals surface area contributed by atoms with Crippen molar-refractivity contribution in [3.05, 3.63) is 30.3 Å². The fourth-order valence-corrected chi connectivity index (χ4v) is 3.17. The molecule has 1 aromatic rings. The first kappa shape index (κ1) is 20.9. The van der Waals surface area contributed by atoms with Crippen molar-refractivity contribution < 1.29 is 13.6 Å². The van der Waals surface area contributed by atoms with Gasteiger partial charge in [-0.3, -0.25) is 10.1 Å². The normalized spacial score (nSPS) is 25.3. The fraction of sp³-hybridized carbons (Fsp3) is 0.562. The maximum atomic E-state index is 13.2. The molecule has 8 heteroatoms. The predicted molar refractivity (Wildman–Crippen MR) is 95.7 cm³/mol. The van der Waals surface area contributed by atoms with Crippen molar-refractivity contribution in [1.82, 2.24) is 10.6 Å². The van der Waals surface area contributed by atoms with Crippen LogP contribution in [0.1, 0.15) is 19.3 Å². The lowest BCUT2D eigenvalue weighted by atomic mass is 10.0. The Kier molecular flexibility index (Phi) is 7.70. The molecule has 0 radical (unpaired) electrons. The van der Waals surface area contributed by atoms with E-state index >= 15 is 0 Å². The van der Waals surface area contributed by atoms with Crippen LogP contribution in [0.3, 0.4) is 0 Å². The van der Waals surface area contributed by atoms with Gasteiger partial charge in [-0.05, 0) is 25.0 Å². The van der Waals surface area contributed by atoms with Gasteiger partial charge in [0.1, 0.15) is 0 Å². The molecule has 2 N–H and O–H groups in total. The third kappa shape index (κ3) is 5.19. The summed E-state index contributed by atoms with van der Waals surface area (Å²) >= 11 is 0. The zero-order chi connectivity index (χ0) is 15.6. The number of alkyl halides is 2. The Balaban J connectivity index is 0.00000144. The number of rotatable bonds is 3. The number of nitrogens with zero attached hydrogens (tertiary/aromatic N) is 1. The Bertz CT molecular complexity index is 533. The highest BCUT2D eigenvalue weighted by Gasteiger charge is 2.42. The molecular formula is C16H23Cl2F2N3O. The van der Waals surface area contributed by atoms with Crippen molar-refractivity contribution in [1.29, 1.82) is 0 Å². The van der Waals surface area contributed by atoms with Crippen LogP contribution in [-0.4, -0.2) is 43.5 Å². The van der Waals surface area contributed by atoms with Gasteiger partial charge in [0, 0.05) is 31.2 Å². The summed E-state index contributed by atoms with van der Waals surface area (Å²) in [6.45, 7) is 1.26. The Morgan fingerprint density at radius 3 is 2.58 bits per heavy atom. The number of anilines is 1. The molecule has 0 aromatic heterocycles. The summed E-state index contributed by atoms with van der Waals surface area (Å²) in [5, 5.41) is 5.53. The highest BCUT2D eigenvalue weighted by molar-refractivity contribution is 5.85. The van der Waals surface area contributed by atoms with Crippen molar-refractivity contribution in [2.24, 2.45) is 0 Å². The SMILES string of the molecule is Cl.Cl.O=C(NC1CCCN(c2ccccc2)C1)C1CC(F)(F)CN1. The molecule has 0 spiro atoms. The van der Waals surface area contributed by atoms with Crippen LogP contribution in [0, 0.1) is 0 Å². The van der Waals surface area contributed by atoms with E-state index in [1.54, 1.807) is 0 Å². The molecule has 2 atom stereocenters. The lowest BCUT2D eigenvalue weighted by Crippen LogP contribution is -2.51. The smallest absolute Gasteiger partial charge is 0.262 e. The van der Waals surface area contributed by atoms with E-state index in [4.69, 9.17) is 0 Å². The standard InChI is InChI=1S/C16H21F2N3O.2ClH/c17-16(18)9-14(19-11-16)15(22)20-12-5-4-8-21(10-12)13-6-2-1-3-7-13;;/h1-3,6-7,12,14,19H,4-5,8-11H2,(H,20,22);2*1H. The van der Waals surface area contributed by atoms with Crippen LogP contribution in [0.4, 0.5) is 14.5 Å². The molecule has 2 unspecified atom stereocenters. The van der Waals surface area contributed by atoms with Gasteiger partial charge in [-0.15, -0.1) is 24.8 Å². The van der Waals surface area contributed by atoms with E-state index < -0.39 is 24.9 Å². The molecule has 24 heavy (non-hydrogen) atoms. The molecule has 2 aliphatic rings. The van der Waals surface area contributed by atoms with Gasteiger partial charge in [0.25, 0.3) is 5.92 Å². The number of hydrogen-bond acceptors (Lipinski definition) is 3. The monoisotopic (exact) mass is 381 g/mol. The zero-order valence-electron chi connectivity index (χ0n) is 13.2. The molecule has 1 amide bonds. The van der Waals surface area contributed by atoms with Crippen LogP contribution < -0.4 is 15.5 Å². The van der Waals surface area contributed by atoms with Crippen LogP contribution in [0.15, 0.2) is 30.3 Å². The van der Waals surface area contributed by atoms with Gasteiger partial charge < -0.3 is 10.2 Å². The van der Waals surface area contributed by atoms with Crippen LogP contribution in [-0.2, 0) is 4.79 Å². The summed E-state index contributed by atoms with van der Waals surface area (Å²) in [6, 6.07) is 9.27. The topological polar surface area (TPSA) is 44.4 Å². The second kappa shape index (κ2) is 8.83. The molecule has 2 fully saturated rings. The average molecular weight is 382 g/mol. The molecule has 4 nitrogen and oxygen atoms in total. The number of carbonyl (C=O) groups excluding carboxylic acids is 1. The van der Waals surface area contributed by atoms with Crippen LogP contribution in [0.25, 0.3) is 0 Å². The van der Waals surface area contributed by atoms with E-state index in [2.05, 4.69) is 15.5 Å². The van der Waals surface area contributed by atoms with Gasteiger partial charge in [-0.2, -0.15) is 0 Å². The zero-order valence-corrected chi connectivity index (χ0v) is 14.8. The molecule has 0 bridgehead atoms. The Morgan fingerprint density at radius 2 is 1.96 bits per heavy atom. The van der Waals surface area contributed by atoms with E-state index in [9.17, 15) is 13.6 Å². The molecule has 0 saturated carbocycles. The Morgan fingerprint density at radius 1 is 1.25 bits per heavy atom. The van der Waals surface area contributed by atoms with Gasteiger partial charge in [0.15, 0.2) is 0 Å². The number of para-hydroxylation sites is 1. The predicted octanol–water partition coefficient (Wildman–Crippen LogP) is 2.61. The molecule has 2 aliphatic heterocycles. The van der Waals surface area contributed by atoms with E-state index in [0.717, 1.165) is 31.6 Å². The lowest BCUT2D eigenvalue weighted by Gasteiger charge is -2.35. The first-order chi connectivity index (χ1) is 10.5. The van der Waals surface area contributed by atoms with Crippen molar-refractivity contribution >= 4 is 36.4 Å². The second-order valence-electron chi connectivity index (χ2n) is 6.12. The van der Waals surface area contributed by atoms with Gasteiger partial charge in [-0.25, -0.2) is 8.78 Å². The van der Waals surface area contributed by atoms with Gasteiger partial charge in [0.2, 0.25) is 5.91 Å². The van der Waals surface area contributed by atoms with E-state index in [-0.39, 0.29) is 36.8 Å². The summed E-state index contributed by atoms with van der Waals surface area (Å²) in [6.07, 6.45) is 1.46. The minimum atomic E-state index is -2.77. The van der Waals surface area contributed by atoms with Crippen molar-refractivity contribution in [2.75, 3.05) is 24.5 Å². The van der Waals surface area contributed by atoms with Gasteiger partial charge in [0.05, 0.1) is 12.6 Å². The highest BCUT2D eigenvalue weighted by atomic mass is 35.5. The molecule has 0 aliphatic carbocycles. The quantitative estimate of drug-likeness (QED) is 0.845. The third-order valence-corrected chi connectivity index (χ3v) is 4.32. The second-order valence-corrected chi connectivity index (χ2v) is 6.12. The van der Waals surface area contributed by atoms with Crippen LogP contribution in [0.2, 0.25) is 0 Å². The van der Waals surface area contributed by atoms with Crippen LogP contribution >= 0.6 is 24.8 Å². The summed E-state index contributed by atoms with van der Waals surface area (Å²) in [5.74, 6) is -3.08. The summed E-state index contributed by atoms with van der Waals surface area (Å²) < 4.78 is 26.3. The van der Waals surface area contributed by atoms with Gasteiger partial charge in [-0.1, -0.05) is 18.2 Å². The first-order valence-electron chi connectivity index (χ1n) is 7.75. The molecule has 136 valence electrons. The minimum Gasteiger partial charge on any atom is -0.369 e. The maximum absolute atomic E-state index is 13.2. The molecular weight excluding hydrogens is 359 g/mol. The van der Waals surface area contributed by atoms with E-state index in [1.165, 1.54) is 0 Å². The summed E-state index contributed by atoms with van der Waals surface area (Å²) in [5.41, 5.74) is 1.13. The molecule has 1 aromatic carbocycles. The third-order valence-electron chi connectivity index (χ3n) is 4.32. The average Bonchev–Trinajstić information content (AvgIpc) is 2.89. The number of nitrogens with one attached hydrogen (secondary N) is 2. The van der Waals surface area contributed by atoms with Gasteiger partial charge >= 0.3 is 0 Å². The Hall–Kier alpha value is -1.11. The van der Waals surface area contributed by atoms with Crippen molar-refractivity contribution in [2.45, 2.75) is 37.3 Å².